The van der Waals surface area contributed by atoms with Crippen LogP contribution in [0.5, 0.6) is 0 Å². The number of benzene rings is 2. The number of carbonyl (C=O) groups is 1. The molecule has 108 valence electrons. The average Bonchev–Trinajstić information content (AvgIpc) is 2.43. The molecule has 0 heterocycles. The van der Waals surface area contributed by atoms with E-state index in [9.17, 15) is 14.9 Å². The fourth-order valence-corrected chi connectivity index (χ4v) is 2.11. The van der Waals surface area contributed by atoms with Gasteiger partial charge in [0.1, 0.15) is 0 Å². The largest absolute Gasteiger partial charge is 0.398 e. The maximum absolute atomic E-state index is 12.1. The molecule has 1 amide bonds. The van der Waals surface area contributed by atoms with Gasteiger partial charge < -0.3 is 11.1 Å². The number of anilines is 2. The monoisotopic (exact) mass is 369 g/mol. The molecule has 0 atom stereocenters. The molecule has 0 fully saturated rings. The van der Waals surface area contributed by atoms with E-state index in [2.05, 4.69) is 21.2 Å². The normalized spacial score (nSPS) is 10.2. The van der Waals surface area contributed by atoms with Crippen LogP contribution in [-0.4, -0.2) is 10.8 Å². The van der Waals surface area contributed by atoms with Crippen molar-refractivity contribution in [3.63, 3.8) is 0 Å². The first-order valence-electron chi connectivity index (χ1n) is 5.69. The summed E-state index contributed by atoms with van der Waals surface area (Å²) in [6, 6.07) is 8.55. The van der Waals surface area contributed by atoms with Gasteiger partial charge in [0.15, 0.2) is 0 Å². The number of halogens is 2. The summed E-state index contributed by atoms with van der Waals surface area (Å²) in [7, 11) is 0. The molecule has 3 N–H and O–H groups in total. The molecule has 8 heteroatoms. The van der Waals surface area contributed by atoms with Gasteiger partial charge in [-0.1, -0.05) is 11.6 Å². The minimum Gasteiger partial charge on any atom is -0.398 e. The zero-order valence-electron chi connectivity index (χ0n) is 10.5. The molecular formula is C13H9BrClN3O3. The molecule has 0 unspecified atom stereocenters. The van der Waals surface area contributed by atoms with Gasteiger partial charge in [0.25, 0.3) is 11.6 Å². The Kier molecular flexibility index (Phi) is 4.44. The highest BCUT2D eigenvalue weighted by atomic mass is 79.9. The van der Waals surface area contributed by atoms with Gasteiger partial charge in [-0.3, -0.25) is 14.9 Å². The lowest BCUT2D eigenvalue weighted by molar-refractivity contribution is -0.384. The van der Waals surface area contributed by atoms with Gasteiger partial charge in [-0.25, -0.2) is 0 Å². The number of nitrogens with one attached hydrogen (secondary N) is 1. The maximum Gasteiger partial charge on any atom is 0.271 e. The highest BCUT2D eigenvalue weighted by Crippen LogP contribution is 2.28. The molecule has 2 aromatic rings. The topological polar surface area (TPSA) is 98.3 Å². The summed E-state index contributed by atoms with van der Waals surface area (Å²) < 4.78 is 0.531. The van der Waals surface area contributed by atoms with E-state index in [1.54, 1.807) is 0 Å². The second kappa shape index (κ2) is 6.11. The molecule has 0 spiro atoms. The predicted molar refractivity (Wildman–Crippen MR) is 84.6 cm³/mol. The lowest BCUT2D eigenvalue weighted by atomic mass is 10.2. The van der Waals surface area contributed by atoms with Crippen molar-refractivity contribution in [3.8, 4) is 0 Å². The van der Waals surface area contributed by atoms with E-state index in [0.29, 0.717) is 21.4 Å². The second-order valence-electron chi connectivity index (χ2n) is 4.11. The van der Waals surface area contributed by atoms with E-state index in [4.69, 9.17) is 17.3 Å². The fourth-order valence-electron chi connectivity index (χ4n) is 1.59. The second-order valence-corrected chi connectivity index (χ2v) is 5.37. The van der Waals surface area contributed by atoms with Gasteiger partial charge in [0.05, 0.1) is 21.3 Å². The van der Waals surface area contributed by atoms with Crippen LogP contribution in [0.2, 0.25) is 5.02 Å². The number of hydrogen-bond acceptors (Lipinski definition) is 4. The molecule has 6 nitrogen and oxygen atoms in total. The molecule has 0 saturated carbocycles. The van der Waals surface area contributed by atoms with Gasteiger partial charge in [-0.05, 0) is 40.2 Å². The molecule has 0 saturated heterocycles. The van der Waals surface area contributed by atoms with E-state index >= 15 is 0 Å². The van der Waals surface area contributed by atoms with Crippen molar-refractivity contribution >= 4 is 50.5 Å². The predicted octanol–water partition coefficient (Wildman–Crippen LogP) is 3.85. The number of nitrogen functional groups attached to an aromatic ring is 1. The van der Waals surface area contributed by atoms with Crippen molar-refractivity contribution in [1.29, 1.82) is 0 Å². The summed E-state index contributed by atoms with van der Waals surface area (Å²) in [5.41, 5.74) is 6.41. The Bertz CT molecular complexity index is 737. The van der Waals surface area contributed by atoms with Crippen LogP contribution in [0.4, 0.5) is 17.1 Å². The quantitative estimate of drug-likeness (QED) is 0.487. The molecule has 2 rings (SSSR count). The number of hydrogen-bond donors (Lipinski definition) is 2. The first-order valence-corrected chi connectivity index (χ1v) is 6.86. The Morgan fingerprint density at radius 1 is 1.29 bits per heavy atom. The highest BCUT2D eigenvalue weighted by molar-refractivity contribution is 9.10. The summed E-state index contributed by atoms with van der Waals surface area (Å²) in [6.45, 7) is 0. The minimum absolute atomic E-state index is 0.121. The van der Waals surface area contributed by atoms with Crippen molar-refractivity contribution in [2.45, 2.75) is 0 Å². The van der Waals surface area contributed by atoms with Crippen molar-refractivity contribution in [2.75, 3.05) is 11.1 Å². The number of nitrogens with zero attached hydrogens (tertiary/aromatic N) is 1. The molecule has 0 bridgehead atoms. The van der Waals surface area contributed by atoms with Crippen LogP contribution in [0.3, 0.4) is 0 Å². The standard InChI is InChI=1S/C13H9BrClN3O3/c14-9-3-2-8(18(20)21)6-12(9)17-13(19)7-1-4-11(16)10(15)5-7/h1-6H,16H2,(H,17,19). The molecule has 0 aliphatic heterocycles. The number of nitro benzene ring substituents is 1. The number of nitrogens with two attached hydrogens (primary N) is 1. The van der Waals surface area contributed by atoms with Crippen LogP contribution >= 0.6 is 27.5 Å². The molecule has 0 aliphatic rings. The Labute approximate surface area is 133 Å². The Balaban J connectivity index is 2.28. The van der Waals surface area contributed by atoms with Gasteiger partial charge >= 0.3 is 0 Å². The number of rotatable bonds is 3. The summed E-state index contributed by atoms with van der Waals surface area (Å²) in [5, 5.41) is 13.6. The lowest BCUT2D eigenvalue weighted by Crippen LogP contribution is -2.12. The third-order valence-corrected chi connectivity index (χ3v) is 3.69. The lowest BCUT2D eigenvalue weighted by Gasteiger charge is -2.08. The van der Waals surface area contributed by atoms with Gasteiger partial charge in [-0.2, -0.15) is 0 Å². The fraction of sp³-hybridized carbons (Fsp3) is 0. The molecular weight excluding hydrogens is 362 g/mol. The zero-order valence-corrected chi connectivity index (χ0v) is 12.8. The Morgan fingerprint density at radius 3 is 2.62 bits per heavy atom. The van der Waals surface area contributed by atoms with Crippen LogP contribution in [0.1, 0.15) is 10.4 Å². The van der Waals surface area contributed by atoms with Crippen molar-refractivity contribution in [3.05, 3.63) is 61.6 Å². The van der Waals surface area contributed by atoms with E-state index in [1.807, 2.05) is 0 Å². The number of non-ortho nitro benzene ring substituents is 1. The molecule has 21 heavy (non-hydrogen) atoms. The van der Waals surface area contributed by atoms with Crippen LogP contribution in [0.25, 0.3) is 0 Å². The molecule has 2 aromatic carbocycles. The van der Waals surface area contributed by atoms with E-state index in [1.165, 1.54) is 36.4 Å². The van der Waals surface area contributed by atoms with Crippen molar-refractivity contribution in [1.82, 2.24) is 0 Å². The molecule has 0 aromatic heterocycles. The SMILES string of the molecule is Nc1ccc(C(=O)Nc2cc([N+](=O)[O-])ccc2Br)cc1Cl. The van der Waals surface area contributed by atoms with Gasteiger partial charge in [0.2, 0.25) is 0 Å². The number of carbonyl (C=O) groups excluding carboxylic acids is 1. The summed E-state index contributed by atoms with van der Waals surface area (Å²) in [6.07, 6.45) is 0. The number of amides is 1. The third-order valence-electron chi connectivity index (χ3n) is 2.67. The summed E-state index contributed by atoms with van der Waals surface area (Å²) in [5.74, 6) is -0.446. The zero-order chi connectivity index (χ0) is 15.6. The number of nitro groups is 1. The first-order chi connectivity index (χ1) is 9.88. The van der Waals surface area contributed by atoms with Gasteiger partial charge in [0, 0.05) is 22.2 Å². The smallest absolute Gasteiger partial charge is 0.271 e. The van der Waals surface area contributed by atoms with Crippen molar-refractivity contribution in [2.24, 2.45) is 0 Å². The minimum atomic E-state index is -0.540. The summed E-state index contributed by atoms with van der Waals surface area (Å²) in [4.78, 5) is 22.3. The van der Waals surface area contributed by atoms with Crippen LogP contribution in [0.15, 0.2) is 40.9 Å². The third kappa shape index (κ3) is 3.50. The first kappa shape index (κ1) is 15.3. The Hall–Kier alpha value is -2.12. The molecule has 0 radical (unpaired) electrons. The van der Waals surface area contributed by atoms with E-state index in [0.717, 1.165) is 0 Å². The maximum atomic E-state index is 12.1. The van der Waals surface area contributed by atoms with Crippen LogP contribution in [0, 0.1) is 10.1 Å². The molecule has 0 aliphatic carbocycles. The highest BCUT2D eigenvalue weighted by Gasteiger charge is 2.13. The Morgan fingerprint density at radius 2 is 2.00 bits per heavy atom. The van der Waals surface area contributed by atoms with Crippen molar-refractivity contribution < 1.29 is 9.72 Å². The van der Waals surface area contributed by atoms with Crippen LogP contribution in [-0.2, 0) is 0 Å². The van der Waals surface area contributed by atoms with Gasteiger partial charge in [-0.15, -0.1) is 0 Å². The van der Waals surface area contributed by atoms with E-state index < -0.39 is 10.8 Å². The van der Waals surface area contributed by atoms with E-state index in [-0.39, 0.29) is 10.7 Å². The summed E-state index contributed by atoms with van der Waals surface area (Å²) >= 11 is 9.08. The van der Waals surface area contributed by atoms with Crippen LogP contribution < -0.4 is 11.1 Å². The average molecular weight is 371 g/mol.